The van der Waals surface area contributed by atoms with Crippen LogP contribution in [0, 0.1) is 0 Å². The molecule has 2 aromatic carbocycles. The highest BCUT2D eigenvalue weighted by Crippen LogP contribution is 2.38. The van der Waals surface area contributed by atoms with Crippen molar-refractivity contribution in [1.82, 2.24) is 10.6 Å². The summed E-state index contributed by atoms with van der Waals surface area (Å²) in [6.07, 6.45) is 0. The van der Waals surface area contributed by atoms with Crippen molar-refractivity contribution in [2.45, 2.75) is 20.0 Å². The van der Waals surface area contributed by atoms with Crippen LogP contribution in [0.15, 0.2) is 41.4 Å². The first kappa shape index (κ1) is 21.2. The topological polar surface area (TPSA) is 73.3 Å². The molecule has 0 spiro atoms. The number of aliphatic imine (C=N–C) groups is 1. The number of para-hydroxylation sites is 1. The molecule has 2 rings (SSSR count). The molecule has 152 valence electrons. The van der Waals surface area contributed by atoms with E-state index < -0.39 is 0 Å². The predicted molar refractivity (Wildman–Crippen MR) is 111 cm³/mol. The fraction of sp³-hybridized carbons (Fsp3) is 0.381. The van der Waals surface area contributed by atoms with Gasteiger partial charge in [-0.3, -0.25) is 4.99 Å². The summed E-state index contributed by atoms with van der Waals surface area (Å²) in [6, 6.07) is 11.8. The number of rotatable bonds is 9. The van der Waals surface area contributed by atoms with Gasteiger partial charge >= 0.3 is 0 Å². The van der Waals surface area contributed by atoms with Crippen molar-refractivity contribution in [3.05, 3.63) is 47.5 Å². The second-order valence-corrected chi connectivity index (χ2v) is 5.85. The minimum atomic E-state index is 0.545. The summed E-state index contributed by atoms with van der Waals surface area (Å²) < 4.78 is 21.8. The van der Waals surface area contributed by atoms with Crippen LogP contribution in [0.4, 0.5) is 0 Å². The van der Waals surface area contributed by atoms with E-state index in [0.717, 1.165) is 16.9 Å². The van der Waals surface area contributed by atoms with E-state index in [1.54, 1.807) is 28.4 Å². The summed E-state index contributed by atoms with van der Waals surface area (Å²) in [6.45, 7) is 3.75. The first-order chi connectivity index (χ1) is 13.7. The molecule has 0 heterocycles. The van der Waals surface area contributed by atoms with Crippen LogP contribution in [0.25, 0.3) is 0 Å². The van der Waals surface area contributed by atoms with Crippen LogP contribution in [0.2, 0.25) is 0 Å². The van der Waals surface area contributed by atoms with E-state index in [-0.39, 0.29) is 0 Å². The molecule has 0 saturated heterocycles. The van der Waals surface area contributed by atoms with Gasteiger partial charge in [0.25, 0.3) is 0 Å². The Morgan fingerprint density at radius 3 is 2.11 bits per heavy atom. The second kappa shape index (κ2) is 10.9. The standard InChI is InChI=1S/C21H29N3O4/c1-6-28-17-10-8-7-9-16(17)14-24-21(22-2)23-13-15-11-18(25-3)20(27-5)19(12-15)26-4/h7-12H,6,13-14H2,1-5H3,(H2,22,23,24). The van der Waals surface area contributed by atoms with Crippen molar-refractivity contribution in [3.8, 4) is 23.0 Å². The Balaban J connectivity index is 2.03. The summed E-state index contributed by atoms with van der Waals surface area (Å²) in [5.74, 6) is 3.36. The number of nitrogens with zero attached hydrogens (tertiary/aromatic N) is 1. The van der Waals surface area contributed by atoms with Gasteiger partial charge < -0.3 is 29.6 Å². The van der Waals surface area contributed by atoms with Crippen molar-refractivity contribution >= 4 is 5.96 Å². The second-order valence-electron chi connectivity index (χ2n) is 5.85. The molecule has 0 bridgehead atoms. The van der Waals surface area contributed by atoms with Crippen LogP contribution in [-0.4, -0.2) is 40.9 Å². The zero-order chi connectivity index (χ0) is 20.4. The Labute approximate surface area is 166 Å². The lowest BCUT2D eigenvalue weighted by Crippen LogP contribution is -2.36. The lowest BCUT2D eigenvalue weighted by Gasteiger charge is -2.16. The maximum atomic E-state index is 5.67. The first-order valence-corrected chi connectivity index (χ1v) is 9.10. The SMILES string of the molecule is CCOc1ccccc1CNC(=NC)NCc1cc(OC)c(OC)c(OC)c1. The normalized spacial score (nSPS) is 11.0. The average Bonchev–Trinajstić information content (AvgIpc) is 2.74. The van der Waals surface area contributed by atoms with Gasteiger partial charge in [-0.05, 0) is 30.7 Å². The van der Waals surface area contributed by atoms with Crippen LogP contribution in [0.1, 0.15) is 18.1 Å². The number of methoxy groups -OCH3 is 3. The molecule has 0 fully saturated rings. The smallest absolute Gasteiger partial charge is 0.203 e. The average molecular weight is 387 g/mol. The molecular weight excluding hydrogens is 358 g/mol. The molecule has 0 aromatic heterocycles. The number of hydrogen-bond donors (Lipinski definition) is 2. The monoisotopic (exact) mass is 387 g/mol. The third kappa shape index (κ3) is 5.45. The highest BCUT2D eigenvalue weighted by Gasteiger charge is 2.13. The third-order valence-corrected chi connectivity index (χ3v) is 4.13. The molecule has 28 heavy (non-hydrogen) atoms. The van der Waals surface area contributed by atoms with E-state index in [1.807, 2.05) is 43.3 Å². The number of nitrogens with one attached hydrogen (secondary N) is 2. The molecular formula is C21H29N3O4. The van der Waals surface area contributed by atoms with Gasteiger partial charge in [0.05, 0.1) is 27.9 Å². The Morgan fingerprint density at radius 2 is 1.54 bits per heavy atom. The Hall–Kier alpha value is -3.09. The molecule has 0 saturated carbocycles. The number of guanidine groups is 1. The highest BCUT2D eigenvalue weighted by molar-refractivity contribution is 5.79. The van der Waals surface area contributed by atoms with Gasteiger partial charge in [-0.1, -0.05) is 18.2 Å². The largest absolute Gasteiger partial charge is 0.494 e. The zero-order valence-electron chi connectivity index (χ0n) is 17.2. The highest BCUT2D eigenvalue weighted by atomic mass is 16.5. The van der Waals surface area contributed by atoms with Crippen molar-refractivity contribution in [1.29, 1.82) is 0 Å². The molecule has 2 aromatic rings. The number of ether oxygens (including phenoxy) is 4. The molecule has 0 unspecified atom stereocenters. The van der Waals surface area contributed by atoms with Gasteiger partial charge in [0, 0.05) is 25.7 Å². The zero-order valence-corrected chi connectivity index (χ0v) is 17.2. The quantitative estimate of drug-likeness (QED) is 0.509. The maximum Gasteiger partial charge on any atom is 0.203 e. The summed E-state index contributed by atoms with van der Waals surface area (Å²) in [7, 11) is 6.53. The summed E-state index contributed by atoms with van der Waals surface area (Å²) in [5.41, 5.74) is 2.05. The van der Waals surface area contributed by atoms with Crippen molar-refractivity contribution < 1.29 is 18.9 Å². The summed E-state index contributed by atoms with van der Waals surface area (Å²) in [5, 5.41) is 6.60. The van der Waals surface area contributed by atoms with E-state index in [1.165, 1.54) is 0 Å². The molecule has 0 amide bonds. The van der Waals surface area contributed by atoms with Gasteiger partial charge in [-0.2, -0.15) is 0 Å². The predicted octanol–water partition coefficient (Wildman–Crippen LogP) is 2.98. The van der Waals surface area contributed by atoms with Crippen LogP contribution in [-0.2, 0) is 13.1 Å². The minimum absolute atomic E-state index is 0.545. The van der Waals surface area contributed by atoms with Gasteiger partial charge in [-0.25, -0.2) is 0 Å². The third-order valence-electron chi connectivity index (χ3n) is 4.13. The van der Waals surface area contributed by atoms with Crippen LogP contribution in [0.5, 0.6) is 23.0 Å². The lowest BCUT2D eigenvalue weighted by atomic mass is 10.1. The van der Waals surface area contributed by atoms with Crippen LogP contribution < -0.4 is 29.6 Å². The molecule has 0 aliphatic rings. The van der Waals surface area contributed by atoms with E-state index in [0.29, 0.717) is 42.9 Å². The van der Waals surface area contributed by atoms with Gasteiger partial charge in [0.2, 0.25) is 5.75 Å². The van der Waals surface area contributed by atoms with E-state index in [2.05, 4.69) is 15.6 Å². The maximum absolute atomic E-state index is 5.67. The molecule has 2 N–H and O–H groups in total. The van der Waals surface area contributed by atoms with E-state index in [4.69, 9.17) is 18.9 Å². The van der Waals surface area contributed by atoms with E-state index >= 15 is 0 Å². The van der Waals surface area contributed by atoms with Crippen molar-refractivity contribution in [3.63, 3.8) is 0 Å². The van der Waals surface area contributed by atoms with Gasteiger partial charge in [0.15, 0.2) is 17.5 Å². The Morgan fingerprint density at radius 1 is 0.893 bits per heavy atom. The van der Waals surface area contributed by atoms with Crippen LogP contribution in [0.3, 0.4) is 0 Å². The number of benzene rings is 2. The molecule has 7 nitrogen and oxygen atoms in total. The van der Waals surface area contributed by atoms with Crippen molar-refractivity contribution in [2.24, 2.45) is 4.99 Å². The van der Waals surface area contributed by atoms with E-state index in [9.17, 15) is 0 Å². The van der Waals surface area contributed by atoms with Crippen molar-refractivity contribution in [2.75, 3.05) is 35.0 Å². The summed E-state index contributed by atoms with van der Waals surface area (Å²) >= 11 is 0. The first-order valence-electron chi connectivity index (χ1n) is 9.10. The van der Waals surface area contributed by atoms with Crippen LogP contribution >= 0.6 is 0 Å². The lowest BCUT2D eigenvalue weighted by molar-refractivity contribution is 0.323. The number of hydrogen-bond acceptors (Lipinski definition) is 5. The Bertz CT molecular complexity index is 768. The summed E-state index contributed by atoms with van der Waals surface area (Å²) in [4.78, 5) is 4.28. The fourth-order valence-corrected chi connectivity index (χ4v) is 2.77. The van der Waals surface area contributed by atoms with Gasteiger partial charge in [0.1, 0.15) is 5.75 Å². The molecule has 0 aliphatic heterocycles. The minimum Gasteiger partial charge on any atom is -0.494 e. The van der Waals surface area contributed by atoms with Gasteiger partial charge in [-0.15, -0.1) is 0 Å². The molecule has 7 heteroatoms. The fourth-order valence-electron chi connectivity index (χ4n) is 2.77. The molecule has 0 atom stereocenters. The molecule has 0 radical (unpaired) electrons. The Kier molecular flexibility index (Phi) is 8.27. The molecule has 0 aliphatic carbocycles.